The summed E-state index contributed by atoms with van der Waals surface area (Å²) in [4.78, 5) is 4.20. The van der Waals surface area contributed by atoms with Crippen LogP contribution in [0.1, 0.15) is 30.4 Å². The molecule has 2 rings (SSSR count). The maximum atomic E-state index is 5.35. The molecule has 1 aliphatic carbocycles. The first-order valence-corrected chi connectivity index (χ1v) is 3.51. The second-order valence-corrected chi connectivity index (χ2v) is 2.62. The van der Waals surface area contributed by atoms with Crippen LogP contribution in [0.25, 0.3) is 0 Å². The number of rotatable bonds is 2. The van der Waals surface area contributed by atoms with Gasteiger partial charge in [-0.3, -0.25) is 5.10 Å². The molecule has 10 heavy (non-hydrogen) atoms. The van der Waals surface area contributed by atoms with Gasteiger partial charge in [-0.05, 0) is 12.8 Å². The summed E-state index contributed by atoms with van der Waals surface area (Å²) >= 11 is 0. The maximum absolute atomic E-state index is 5.35. The number of aromatic amines is 1. The molecule has 0 aliphatic heterocycles. The first-order chi connectivity index (χ1) is 4.90. The zero-order valence-corrected chi connectivity index (χ0v) is 5.67. The van der Waals surface area contributed by atoms with Crippen molar-refractivity contribution in [3.63, 3.8) is 0 Å². The van der Waals surface area contributed by atoms with Crippen LogP contribution in [-0.4, -0.2) is 15.2 Å². The van der Waals surface area contributed by atoms with E-state index in [9.17, 15) is 0 Å². The van der Waals surface area contributed by atoms with Crippen LogP contribution in [0.3, 0.4) is 0 Å². The van der Waals surface area contributed by atoms with Crippen LogP contribution in [0.4, 0.5) is 0 Å². The number of nitrogens with zero attached hydrogens (tertiary/aromatic N) is 2. The second kappa shape index (κ2) is 2.05. The molecular weight excluding hydrogens is 128 g/mol. The average molecular weight is 138 g/mol. The lowest BCUT2D eigenvalue weighted by molar-refractivity contribution is 0.915. The maximum Gasteiger partial charge on any atom is 0.153 e. The van der Waals surface area contributed by atoms with Crippen molar-refractivity contribution in [2.24, 2.45) is 5.73 Å². The van der Waals surface area contributed by atoms with Crippen LogP contribution in [0.5, 0.6) is 0 Å². The van der Waals surface area contributed by atoms with E-state index in [-0.39, 0.29) is 0 Å². The normalized spacial score (nSPS) is 17.7. The van der Waals surface area contributed by atoms with Crippen LogP contribution in [-0.2, 0) is 6.54 Å². The number of H-pyrrole nitrogens is 1. The molecular formula is C6H10N4. The van der Waals surface area contributed by atoms with Crippen molar-refractivity contribution < 1.29 is 0 Å². The molecule has 0 amide bonds. The zero-order chi connectivity index (χ0) is 6.97. The highest BCUT2D eigenvalue weighted by molar-refractivity contribution is 5.04. The summed E-state index contributed by atoms with van der Waals surface area (Å²) in [5.74, 6) is 2.36. The lowest BCUT2D eigenvalue weighted by Gasteiger charge is -1.82. The minimum absolute atomic E-state index is 0.458. The third-order valence-electron chi connectivity index (χ3n) is 1.68. The fraction of sp³-hybridized carbons (Fsp3) is 0.667. The smallest absolute Gasteiger partial charge is 0.153 e. The molecule has 54 valence electrons. The van der Waals surface area contributed by atoms with Gasteiger partial charge in [-0.1, -0.05) is 0 Å². The third kappa shape index (κ3) is 0.903. The highest BCUT2D eigenvalue weighted by Crippen LogP contribution is 2.37. The largest absolute Gasteiger partial charge is 0.324 e. The van der Waals surface area contributed by atoms with Gasteiger partial charge in [0, 0.05) is 5.92 Å². The summed E-state index contributed by atoms with van der Waals surface area (Å²) in [5, 5.41) is 6.82. The van der Waals surface area contributed by atoms with Gasteiger partial charge in [0.15, 0.2) is 5.82 Å². The number of hydrogen-bond acceptors (Lipinski definition) is 3. The molecule has 4 heteroatoms. The molecule has 0 unspecified atom stereocenters. The summed E-state index contributed by atoms with van der Waals surface area (Å²) in [6.07, 6.45) is 2.48. The van der Waals surface area contributed by atoms with Gasteiger partial charge in [-0.15, -0.1) is 0 Å². The molecule has 1 aromatic rings. The van der Waals surface area contributed by atoms with Crippen molar-refractivity contribution in [3.05, 3.63) is 11.6 Å². The SMILES string of the molecule is NCc1nc(C2CC2)n[nH]1. The Hall–Kier alpha value is -0.900. The average Bonchev–Trinajstić information content (AvgIpc) is 2.70. The van der Waals surface area contributed by atoms with E-state index < -0.39 is 0 Å². The number of aromatic nitrogens is 3. The van der Waals surface area contributed by atoms with Gasteiger partial charge in [0.05, 0.1) is 6.54 Å². The van der Waals surface area contributed by atoms with Gasteiger partial charge < -0.3 is 5.73 Å². The Kier molecular flexibility index (Phi) is 1.20. The number of nitrogens with two attached hydrogens (primary N) is 1. The lowest BCUT2D eigenvalue weighted by atomic mass is 10.4. The van der Waals surface area contributed by atoms with Crippen molar-refractivity contribution in [1.29, 1.82) is 0 Å². The van der Waals surface area contributed by atoms with Crippen LogP contribution >= 0.6 is 0 Å². The topological polar surface area (TPSA) is 67.6 Å². The molecule has 3 N–H and O–H groups in total. The fourth-order valence-corrected chi connectivity index (χ4v) is 0.925. The monoisotopic (exact) mass is 138 g/mol. The second-order valence-electron chi connectivity index (χ2n) is 2.62. The molecule has 1 aliphatic rings. The standard InChI is InChI=1S/C6H10N4/c7-3-5-8-6(10-9-5)4-1-2-4/h4H,1-3,7H2,(H,8,9,10). The Morgan fingerprint density at radius 3 is 2.90 bits per heavy atom. The summed E-state index contributed by atoms with van der Waals surface area (Å²) in [6, 6.07) is 0. The van der Waals surface area contributed by atoms with E-state index in [1.54, 1.807) is 0 Å². The fourth-order valence-electron chi connectivity index (χ4n) is 0.925. The van der Waals surface area contributed by atoms with E-state index in [0.29, 0.717) is 12.5 Å². The summed E-state index contributed by atoms with van der Waals surface area (Å²) in [6.45, 7) is 0.458. The molecule has 0 aromatic carbocycles. The van der Waals surface area contributed by atoms with E-state index in [1.165, 1.54) is 12.8 Å². The highest BCUT2D eigenvalue weighted by atomic mass is 15.2. The Labute approximate surface area is 58.8 Å². The first-order valence-electron chi connectivity index (χ1n) is 3.51. The quantitative estimate of drug-likeness (QED) is 0.610. The predicted molar refractivity (Wildman–Crippen MR) is 36.2 cm³/mol. The third-order valence-corrected chi connectivity index (χ3v) is 1.68. The zero-order valence-electron chi connectivity index (χ0n) is 5.67. The van der Waals surface area contributed by atoms with Gasteiger partial charge in [0.1, 0.15) is 5.82 Å². The van der Waals surface area contributed by atoms with Crippen molar-refractivity contribution >= 4 is 0 Å². The molecule has 1 saturated carbocycles. The minimum Gasteiger partial charge on any atom is -0.324 e. The Morgan fingerprint density at radius 1 is 1.60 bits per heavy atom. The van der Waals surface area contributed by atoms with Crippen LogP contribution in [0.2, 0.25) is 0 Å². The molecule has 0 saturated heterocycles. The number of nitrogens with one attached hydrogen (secondary N) is 1. The summed E-state index contributed by atoms with van der Waals surface area (Å²) in [5.41, 5.74) is 5.35. The van der Waals surface area contributed by atoms with Gasteiger partial charge in [0.25, 0.3) is 0 Å². The van der Waals surface area contributed by atoms with E-state index in [4.69, 9.17) is 5.73 Å². The molecule has 0 spiro atoms. The summed E-state index contributed by atoms with van der Waals surface area (Å²) < 4.78 is 0. The summed E-state index contributed by atoms with van der Waals surface area (Å²) in [7, 11) is 0. The predicted octanol–water partition coefficient (Wildman–Crippen LogP) is 0.141. The lowest BCUT2D eigenvalue weighted by Crippen LogP contribution is -1.98. The minimum atomic E-state index is 0.458. The van der Waals surface area contributed by atoms with Crippen LogP contribution < -0.4 is 5.73 Å². The van der Waals surface area contributed by atoms with Crippen LogP contribution in [0.15, 0.2) is 0 Å². The van der Waals surface area contributed by atoms with Crippen molar-refractivity contribution in [3.8, 4) is 0 Å². The van der Waals surface area contributed by atoms with Crippen molar-refractivity contribution in [2.45, 2.75) is 25.3 Å². The molecule has 0 atom stereocenters. The van der Waals surface area contributed by atoms with E-state index in [0.717, 1.165) is 11.6 Å². The molecule has 1 aromatic heterocycles. The molecule has 4 nitrogen and oxygen atoms in total. The molecule has 0 radical (unpaired) electrons. The molecule has 1 fully saturated rings. The Bertz CT molecular complexity index is 225. The van der Waals surface area contributed by atoms with Gasteiger partial charge in [-0.25, -0.2) is 4.98 Å². The molecule has 0 bridgehead atoms. The van der Waals surface area contributed by atoms with E-state index in [1.807, 2.05) is 0 Å². The van der Waals surface area contributed by atoms with Gasteiger partial charge in [-0.2, -0.15) is 5.10 Å². The number of hydrogen-bond donors (Lipinski definition) is 2. The van der Waals surface area contributed by atoms with Crippen LogP contribution in [0, 0.1) is 0 Å². The van der Waals surface area contributed by atoms with Crippen molar-refractivity contribution in [2.75, 3.05) is 0 Å². The Morgan fingerprint density at radius 2 is 2.40 bits per heavy atom. The van der Waals surface area contributed by atoms with E-state index >= 15 is 0 Å². The van der Waals surface area contributed by atoms with Crippen molar-refractivity contribution in [1.82, 2.24) is 15.2 Å². The van der Waals surface area contributed by atoms with Gasteiger partial charge >= 0.3 is 0 Å². The Balaban J connectivity index is 2.19. The van der Waals surface area contributed by atoms with E-state index in [2.05, 4.69) is 15.2 Å². The van der Waals surface area contributed by atoms with Gasteiger partial charge in [0.2, 0.25) is 0 Å². The first kappa shape index (κ1) is 5.85. The highest BCUT2D eigenvalue weighted by Gasteiger charge is 2.27. The molecule has 1 heterocycles.